The maximum absolute atomic E-state index is 13.1. The van der Waals surface area contributed by atoms with Crippen LogP contribution in [0.2, 0.25) is 10.0 Å². The van der Waals surface area contributed by atoms with Crippen LogP contribution in [0.3, 0.4) is 0 Å². The van der Waals surface area contributed by atoms with E-state index in [-0.39, 0.29) is 16.6 Å². The third-order valence-corrected chi connectivity index (χ3v) is 4.90. The van der Waals surface area contributed by atoms with Gasteiger partial charge in [-0.25, -0.2) is 0 Å². The quantitative estimate of drug-likeness (QED) is 0.534. The highest BCUT2D eigenvalue weighted by atomic mass is 35.5. The minimum Gasteiger partial charge on any atom is -0.493 e. The third-order valence-electron chi connectivity index (χ3n) is 4.35. The van der Waals surface area contributed by atoms with Gasteiger partial charge >= 0.3 is 0 Å². The number of carbonyl (C=O) groups excluding carboxylic acids is 2. The minimum absolute atomic E-state index is 0.00483. The summed E-state index contributed by atoms with van der Waals surface area (Å²) in [5.41, 5.74) is 0.167. The van der Waals surface area contributed by atoms with Gasteiger partial charge in [-0.15, -0.1) is 0 Å². The highest BCUT2D eigenvalue weighted by Gasteiger charge is 2.25. The van der Waals surface area contributed by atoms with Crippen molar-refractivity contribution in [3.05, 3.63) is 51.6 Å². The van der Waals surface area contributed by atoms with E-state index in [4.69, 9.17) is 37.4 Å². The second kappa shape index (κ2) is 10.6. The van der Waals surface area contributed by atoms with Crippen LogP contribution >= 0.6 is 23.2 Å². The minimum atomic E-state index is -0.730. The monoisotopic (exact) mass is 480 g/mol. The number of nitrogens with one attached hydrogen (secondary N) is 2. The zero-order valence-corrected chi connectivity index (χ0v) is 20.3. The third kappa shape index (κ3) is 6.31. The molecular formula is C23H26Cl2N2O5. The first-order chi connectivity index (χ1) is 15.0. The first-order valence-corrected chi connectivity index (χ1v) is 10.3. The number of anilines is 1. The van der Waals surface area contributed by atoms with Gasteiger partial charge in [0.05, 0.1) is 32.0 Å². The molecule has 0 spiro atoms. The summed E-state index contributed by atoms with van der Waals surface area (Å²) in [6, 6.07) is 8.00. The molecule has 2 aromatic carbocycles. The van der Waals surface area contributed by atoms with E-state index >= 15 is 0 Å². The van der Waals surface area contributed by atoms with Gasteiger partial charge in [0.15, 0.2) is 11.5 Å². The Labute approximate surface area is 197 Å². The molecule has 7 nitrogen and oxygen atoms in total. The van der Waals surface area contributed by atoms with Crippen LogP contribution in [-0.4, -0.2) is 33.1 Å². The van der Waals surface area contributed by atoms with Crippen molar-refractivity contribution in [1.29, 1.82) is 0 Å². The van der Waals surface area contributed by atoms with Crippen LogP contribution in [0.25, 0.3) is 6.08 Å². The molecule has 2 aromatic rings. The van der Waals surface area contributed by atoms with Gasteiger partial charge in [0, 0.05) is 10.4 Å². The predicted octanol–water partition coefficient (Wildman–Crippen LogP) is 5.16. The molecule has 0 aliphatic carbocycles. The Morgan fingerprint density at radius 1 is 0.938 bits per heavy atom. The van der Waals surface area contributed by atoms with Crippen LogP contribution in [-0.2, 0) is 9.59 Å². The predicted molar refractivity (Wildman–Crippen MR) is 127 cm³/mol. The number of rotatable bonds is 7. The number of amides is 2. The number of methoxy groups -OCH3 is 3. The van der Waals surface area contributed by atoms with E-state index < -0.39 is 11.3 Å². The van der Waals surface area contributed by atoms with Crippen LogP contribution in [0.4, 0.5) is 5.69 Å². The molecule has 0 saturated heterocycles. The summed E-state index contributed by atoms with van der Waals surface area (Å²) in [6.07, 6.45) is 1.51. The topological polar surface area (TPSA) is 85.9 Å². The Morgan fingerprint density at radius 3 is 2.00 bits per heavy atom. The molecule has 0 atom stereocenters. The van der Waals surface area contributed by atoms with E-state index in [1.165, 1.54) is 33.5 Å². The second-order valence-electron chi connectivity index (χ2n) is 7.80. The number of hydrogen-bond donors (Lipinski definition) is 2. The lowest BCUT2D eigenvalue weighted by atomic mass is 9.95. The van der Waals surface area contributed by atoms with Crippen molar-refractivity contribution in [2.24, 2.45) is 5.41 Å². The number of benzene rings is 2. The summed E-state index contributed by atoms with van der Waals surface area (Å²) in [5.74, 6) is 0.306. The number of halogens is 2. The lowest BCUT2D eigenvalue weighted by molar-refractivity contribution is -0.128. The lowest BCUT2D eigenvalue weighted by Crippen LogP contribution is -2.38. The molecule has 32 heavy (non-hydrogen) atoms. The maximum atomic E-state index is 13.1. The lowest BCUT2D eigenvalue weighted by Gasteiger charge is -2.20. The zero-order valence-electron chi connectivity index (χ0n) is 18.8. The maximum Gasteiger partial charge on any atom is 0.272 e. The molecule has 172 valence electrons. The van der Waals surface area contributed by atoms with Crippen LogP contribution in [0.5, 0.6) is 17.2 Å². The molecule has 0 heterocycles. The van der Waals surface area contributed by atoms with Gasteiger partial charge in [0.2, 0.25) is 11.7 Å². The van der Waals surface area contributed by atoms with Crippen molar-refractivity contribution in [1.82, 2.24) is 5.32 Å². The van der Waals surface area contributed by atoms with E-state index in [0.29, 0.717) is 33.5 Å². The molecule has 0 radical (unpaired) electrons. The molecule has 9 heteroatoms. The van der Waals surface area contributed by atoms with E-state index in [0.717, 1.165) is 0 Å². The Morgan fingerprint density at radius 2 is 1.53 bits per heavy atom. The molecule has 0 aromatic heterocycles. The number of hydrogen-bond acceptors (Lipinski definition) is 5. The van der Waals surface area contributed by atoms with E-state index in [9.17, 15) is 9.59 Å². The van der Waals surface area contributed by atoms with Crippen molar-refractivity contribution < 1.29 is 23.8 Å². The molecule has 2 amide bonds. The fraction of sp³-hybridized carbons (Fsp3) is 0.304. The molecule has 0 unspecified atom stereocenters. The normalized spacial score (nSPS) is 11.6. The fourth-order valence-corrected chi connectivity index (χ4v) is 3.06. The zero-order chi connectivity index (χ0) is 24.1. The average Bonchev–Trinajstić information content (AvgIpc) is 2.73. The van der Waals surface area contributed by atoms with Crippen LogP contribution in [0.1, 0.15) is 26.3 Å². The van der Waals surface area contributed by atoms with Gasteiger partial charge in [-0.3, -0.25) is 9.59 Å². The number of carbonyl (C=O) groups is 2. The van der Waals surface area contributed by atoms with Crippen molar-refractivity contribution in [2.75, 3.05) is 26.6 Å². The SMILES string of the molecule is COc1cc(/C=C(/NC(=O)C(C)(C)C)C(=O)Nc2ccc(Cl)cc2Cl)cc(OC)c1OC. The summed E-state index contributed by atoms with van der Waals surface area (Å²) in [7, 11) is 4.47. The Kier molecular flexibility index (Phi) is 8.41. The summed E-state index contributed by atoms with van der Waals surface area (Å²) in [5, 5.41) is 6.08. The summed E-state index contributed by atoms with van der Waals surface area (Å²) in [6.45, 7) is 5.23. The van der Waals surface area contributed by atoms with E-state index in [2.05, 4.69) is 10.6 Å². The van der Waals surface area contributed by atoms with Crippen LogP contribution in [0.15, 0.2) is 36.0 Å². The Balaban J connectivity index is 2.52. The summed E-state index contributed by atoms with van der Waals surface area (Å²) in [4.78, 5) is 25.7. The Hall–Kier alpha value is -2.90. The van der Waals surface area contributed by atoms with Gasteiger partial charge in [-0.05, 0) is 42.0 Å². The van der Waals surface area contributed by atoms with E-state index in [1.54, 1.807) is 45.0 Å². The molecule has 0 aliphatic rings. The molecule has 2 rings (SSSR count). The molecule has 0 bridgehead atoms. The smallest absolute Gasteiger partial charge is 0.272 e. The Bertz CT molecular complexity index is 1020. The van der Waals surface area contributed by atoms with Crippen LogP contribution < -0.4 is 24.8 Å². The van der Waals surface area contributed by atoms with Crippen molar-refractivity contribution in [3.63, 3.8) is 0 Å². The molecule has 0 fully saturated rings. The van der Waals surface area contributed by atoms with Crippen LogP contribution in [0, 0.1) is 5.41 Å². The van der Waals surface area contributed by atoms with Gasteiger partial charge < -0.3 is 24.8 Å². The number of ether oxygens (including phenoxy) is 3. The first-order valence-electron chi connectivity index (χ1n) is 9.59. The van der Waals surface area contributed by atoms with Crippen molar-refractivity contribution in [3.8, 4) is 17.2 Å². The highest BCUT2D eigenvalue weighted by Crippen LogP contribution is 2.38. The van der Waals surface area contributed by atoms with Crippen molar-refractivity contribution in [2.45, 2.75) is 20.8 Å². The molecule has 2 N–H and O–H groups in total. The average molecular weight is 481 g/mol. The summed E-state index contributed by atoms with van der Waals surface area (Å²) < 4.78 is 16.1. The van der Waals surface area contributed by atoms with Gasteiger partial charge in [0.1, 0.15) is 5.70 Å². The van der Waals surface area contributed by atoms with Gasteiger partial charge in [-0.2, -0.15) is 0 Å². The molecular weight excluding hydrogens is 455 g/mol. The van der Waals surface area contributed by atoms with Crippen molar-refractivity contribution >= 4 is 46.8 Å². The molecule has 0 aliphatic heterocycles. The highest BCUT2D eigenvalue weighted by molar-refractivity contribution is 6.36. The second-order valence-corrected chi connectivity index (χ2v) is 8.64. The first kappa shape index (κ1) is 25.4. The van der Waals surface area contributed by atoms with Gasteiger partial charge in [-0.1, -0.05) is 44.0 Å². The fourth-order valence-electron chi connectivity index (χ4n) is 2.60. The van der Waals surface area contributed by atoms with E-state index in [1.807, 2.05) is 0 Å². The summed E-state index contributed by atoms with van der Waals surface area (Å²) >= 11 is 12.1. The van der Waals surface area contributed by atoms with Gasteiger partial charge in [0.25, 0.3) is 5.91 Å². The molecule has 0 saturated carbocycles. The standard InChI is InChI=1S/C23H26Cl2N2O5/c1-23(2,3)22(29)27-17(21(28)26-16-8-7-14(24)12-15(16)25)9-13-10-18(30-4)20(32-6)19(11-13)31-5/h7-12H,1-6H3,(H,26,28)(H,27,29)/b17-9+. The largest absolute Gasteiger partial charge is 0.493 e.